The Bertz CT molecular complexity index is 508. The third-order valence-electron chi connectivity index (χ3n) is 2.84. The van der Waals surface area contributed by atoms with Gasteiger partial charge in [-0.3, -0.25) is 0 Å². The van der Waals surface area contributed by atoms with Crippen LogP contribution in [-0.2, 0) is 14.8 Å². The second-order valence-electron chi connectivity index (χ2n) is 4.22. The molecule has 0 amide bonds. The van der Waals surface area contributed by atoms with E-state index in [0.717, 1.165) is 11.3 Å². The Labute approximate surface area is 118 Å². The number of hydrogen-bond acceptors (Lipinski definition) is 5. The maximum absolute atomic E-state index is 12.0. The Kier molecular flexibility index (Phi) is 4.45. The van der Waals surface area contributed by atoms with Gasteiger partial charge in [-0.2, -0.15) is 0 Å². The molecule has 0 spiro atoms. The number of rotatable bonds is 4. The Balaban J connectivity index is 2.03. The zero-order valence-corrected chi connectivity index (χ0v) is 12.8. The Morgan fingerprint density at radius 2 is 2.17 bits per heavy atom. The Hall–Kier alpha value is 0.01000. The number of nitrogens with one attached hydrogen (secondary N) is 1. The van der Waals surface area contributed by atoms with Gasteiger partial charge in [0.1, 0.15) is 4.21 Å². The molecule has 8 heteroatoms. The summed E-state index contributed by atoms with van der Waals surface area (Å²) in [7, 11) is -3.56. The number of aliphatic hydroxyl groups is 1. The summed E-state index contributed by atoms with van der Waals surface area (Å²) < 4.78 is 32.4. The fraction of sp³-hybridized carbons (Fsp3) is 0.600. The fourth-order valence-electron chi connectivity index (χ4n) is 1.69. The molecule has 102 valence electrons. The highest BCUT2D eigenvalue weighted by atomic mass is 79.9. The van der Waals surface area contributed by atoms with E-state index >= 15 is 0 Å². The first-order chi connectivity index (χ1) is 8.43. The lowest BCUT2D eigenvalue weighted by molar-refractivity contribution is -0.0588. The lowest BCUT2D eigenvalue weighted by Crippen LogP contribution is -2.46. The molecule has 1 fully saturated rings. The first-order valence-electron chi connectivity index (χ1n) is 5.46. The predicted molar refractivity (Wildman–Crippen MR) is 72.2 cm³/mol. The van der Waals surface area contributed by atoms with Crippen LogP contribution >= 0.6 is 27.3 Å². The van der Waals surface area contributed by atoms with Crippen molar-refractivity contribution in [1.82, 2.24) is 4.72 Å². The summed E-state index contributed by atoms with van der Waals surface area (Å²) in [5.74, 6) is 0. The van der Waals surface area contributed by atoms with E-state index in [0.29, 0.717) is 30.5 Å². The van der Waals surface area contributed by atoms with Crippen LogP contribution in [0.4, 0.5) is 0 Å². The minimum atomic E-state index is -3.56. The number of thiophene rings is 1. The standard InChI is InChI=1S/C10H14BrNO4S2/c11-8-1-6-17-9(8)18(14,15)12-7-10(13)2-4-16-5-3-10/h1,6,12-13H,2-5,7H2. The van der Waals surface area contributed by atoms with Crippen molar-refractivity contribution in [3.05, 3.63) is 15.9 Å². The highest BCUT2D eigenvalue weighted by Crippen LogP contribution is 2.28. The maximum atomic E-state index is 12.0. The third-order valence-corrected chi connectivity index (χ3v) is 6.91. The molecule has 5 nitrogen and oxygen atoms in total. The molecule has 0 aliphatic carbocycles. The van der Waals surface area contributed by atoms with Crippen LogP contribution in [0.15, 0.2) is 20.1 Å². The molecule has 1 saturated heterocycles. The van der Waals surface area contributed by atoms with E-state index in [9.17, 15) is 13.5 Å². The molecule has 0 atom stereocenters. The summed E-state index contributed by atoms with van der Waals surface area (Å²) in [4.78, 5) is 0. The molecule has 1 aromatic rings. The minimum Gasteiger partial charge on any atom is -0.388 e. The minimum absolute atomic E-state index is 0.0169. The Morgan fingerprint density at radius 3 is 2.72 bits per heavy atom. The summed E-state index contributed by atoms with van der Waals surface area (Å²) in [6.45, 7) is 0.935. The molecule has 2 rings (SSSR count). The molecule has 18 heavy (non-hydrogen) atoms. The van der Waals surface area contributed by atoms with Gasteiger partial charge in [0, 0.05) is 37.1 Å². The second kappa shape index (κ2) is 5.56. The van der Waals surface area contributed by atoms with Crippen LogP contribution in [0.25, 0.3) is 0 Å². The summed E-state index contributed by atoms with van der Waals surface area (Å²) in [6.07, 6.45) is 0.891. The van der Waals surface area contributed by atoms with Crippen molar-refractivity contribution < 1.29 is 18.3 Å². The molecule has 0 bridgehead atoms. The van der Waals surface area contributed by atoms with Crippen molar-refractivity contribution in [3.63, 3.8) is 0 Å². The van der Waals surface area contributed by atoms with E-state index in [1.54, 1.807) is 11.4 Å². The zero-order valence-electron chi connectivity index (χ0n) is 9.56. The normalized spacial score (nSPS) is 19.9. The van der Waals surface area contributed by atoms with Gasteiger partial charge in [-0.25, -0.2) is 13.1 Å². The summed E-state index contributed by atoms with van der Waals surface area (Å²) in [5, 5.41) is 11.9. The van der Waals surface area contributed by atoms with Crippen molar-refractivity contribution in [2.75, 3.05) is 19.8 Å². The molecule has 0 unspecified atom stereocenters. The van der Waals surface area contributed by atoms with Crippen molar-refractivity contribution in [2.45, 2.75) is 22.7 Å². The molecule has 0 aromatic carbocycles. The van der Waals surface area contributed by atoms with E-state index in [-0.39, 0.29) is 10.8 Å². The van der Waals surface area contributed by atoms with Crippen LogP contribution in [0.1, 0.15) is 12.8 Å². The van der Waals surface area contributed by atoms with Gasteiger partial charge in [0.05, 0.1) is 5.60 Å². The van der Waals surface area contributed by atoms with Crippen LogP contribution in [0, 0.1) is 0 Å². The monoisotopic (exact) mass is 355 g/mol. The van der Waals surface area contributed by atoms with Crippen LogP contribution in [-0.4, -0.2) is 38.9 Å². The van der Waals surface area contributed by atoms with Crippen LogP contribution < -0.4 is 4.72 Å². The molecular weight excluding hydrogens is 342 g/mol. The van der Waals surface area contributed by atoms with Gasteiger partial charge >= 0.3 is 0 Å². The first kappa shape index (κ1) is 14.4. The van der Waals surface area contributed by atoms with Crippen LogP contribution in [0.3, 0.4) is 0 Å². The van der Waals surface area contributed by atoms with Gasteiger partial charge in [0.15, 0.2) is 0 Å². The number of ether oxygens (including phenoxy) is 1. The van der Waals surface area contributed by atoms with Gasteiger partial charge in [0.2, 0.25) is 0 Å². The molecule has 2 N–H and O–H groups in total. The molecule has 0 radical (unpaired) electrons. The molecule has 1 aliphatic rings. The van der Waals surface area contributed by atoms with Gasteiger partial charge in [0.25, 0.3) is 10.0 Å². The SMILES string of the molecule is O=S(=O)(NCC1(O)CCOCC1)c1sccc1Br. The van der Waals surface area contributed by atoms with Crippen molar-refractivity contribution in [3.8, 4) is 0 Å². The van der Waals surface area contributed by atoms with Crippen LogP contribution in [0.5, 0.6) is 0 Å². The number of halogens is 1. The molecular formula is C10H14BrNO4S2. The zero-order chi connectivity index (χ0) is 13.2. The Morgan fingerprint density at radius 1 is 1.50 bits per heavy atom. The third kappa shape index (κ3) is 3.31. The van der Waals surface area contributed by atoms with E-state index in [1.807, 2.05) is 0 Å². The lowest BCUT2D eigenvalue weighted by Gasteiger charge is -2.31. The quantitative estimate of drug-likeness (QED) is 0.854. The van der Waals surface area contributed by atoms with E-state index in [4.69, 9.17) is 4.74 Å². The smallest absolute Gasteiger partial charge is 0.251 e. The summed E-state index contributed by atoms with van der Waals surface area (Å²) in [6, 6.07) is 1.68. The fourth-order valence-corrected chi connectivity index (χ4v) is 5.19. The van der Waals surface area contributed by atoms with Gasteiger partial charge in [-0.1, -0.05) is 0 Å². The van der Waals surface area contributed by atoms with Crippen LogP contribution in [0.2, 0.25) is 0 Å². The number of sulfonamides is 1. The van der Waals surface area contributed by atoms with E-state index in [2.05, 4.69) is 20.7 Å². The average Bonchev–Trinajstić information content (AvgIpc) is 2.75. The van der Waals surface area contributed by atoms with Gasteiger partial charge < -0.3 is 9.84 Å². The molecule has 1 aliphatic heterocycles. The molecule has 1 aromatic heterocycles. The highest BCUT2D eigenvalue weighted by Gasteiger charge is 2.32. The highest BCUT2D eigenvalue weighted by molar-refractivity contribution is 9.10. The van der Waals surface area contributed by atoms with Gasteiger partial charge in [-0.05, 0) is 27.4 Å². The van der Waals surface area contributed by atoms with Crippen molar-refractivity contribution in [1.29, 1.82) is 0 Å². The van der Waals surface area contributed by atoms with Crippen molar-refractivity contribution in [2.24, 2.45) is 0 Å². The maximum Gasteiger partial charge on any atom is 0.251 e. The average molecular weight is 356 g/mol. The first-order valence-corrected chi connectivity index (χ1v) is 8.61. The second-order valence-corrected chi connectivity index (χ2v) is 7.95. The largest absolute Gasteiger partial charge is 0.388 e. The summed E-state index contributed by atoms with van der Waals surface area (Å²) in [5.41, 5.74) is -1.00. The van der Waals surface area contributed by atoms with Crippen molar-refractivity contribution >= 4 is 37.3 Å². The molecule has 0 saturated carbocycles. The predicted octanol–water partition coefficient (Wildman–Crippen LogP) is 1.33. The van der Waals surface area contributed by atoms with Gasteiger partial charge in [-0.15, -0.1) is 11.3 Å². The topological polar surface area (TPSA) is 75.6 Å². The summed E-state index contributed by atoms with van der Waals surface area (Å²) >= 11 is 4.33. The van der Waals surface area contributed by atoms with E-state index in [1.165, 1.54) is 0 Å². The van der Waals surface area contributed by atoms with E-state index < -0.39 is 15.6 Å². The molecule has 2 heterocycles. The lowest BCUT2D eigenvalue weighted by atomic mass is 9.95. The number of hydrogen-bond donors (Lipinski definition) is 2.